The van der Waals surface area contributed by atoms with E-state index in [1.54, 1.807) is 25.7 Å². The molecule has 0 aromatic heterocycles. The second-order valence-corrected chi connectivity index (χ2v) is 8.31. The lowest BCUT2D eigenvalue weighted by Crippen LogP contribution is -2.36. The summed E-state index contributed by atoms with van der Waals surface area (Å²) in [6.45, 7) is 18.9. The van der Waals surface area contributed by atoms with Gasteiger partial charge < -0.3 is 14.4 Å². The number of carbonyl (C=O) groups excluding carboxylic acids is 2. The van der Waals surface area contributed by atoms with Gasteiger partial charge in [-0.1, -0.05) is 32.9 Å². The maximum Gasteiger partial charge on any atom is 0.415 e. The van der Waals surface area contributed by atoms with Crippen LogP contribution in [0, 0.1) is 6.92 Å². The quantitative estimate of drug-likeness (QED) is 0.657. The molecule has 0 bridgehead atoms. The molecule has 0 aliphatic heterocycles. The fourth-order valence-electron chi connectivity index (χ4n) is 2.86. The topological polar surface area (TPSA) is 55.8 Å². The van der Waals surface area contributed by atoms with Crippen LogP contribution < -0.4 is 4.74 Å². The third-order valence-corrected chi connectivity index (χ3v) is 4.81. The maximum atomic E-state index is 12.6. The fraction of sp³-hybridized carbons (Fsp3) is 0.636. The molecule has 1 amide bonds. The first-order valence-electron chi connectivity index (χ1n) is 9.69. The van der Waals surface area contributed by atoms with Crippen molar-refractivity contribution in [3.05, 3.63) is 28.8 Å². The molecule has 0 saturated carbocycles. The molecule has 1 rings (SSSR count). The average molecular weight is 378 g/mol. The molecule has 0 atom stereocenters. The van der Waals surface area contributed by atoms with E-state index in [-0.39, 0.29) is 11.4 Å². The second-order valence-electron chi connectivity index (χ2n) is 8.31. The van der Waals surface area contributed by atoms with E-state index in [0.717, 1.165) is 11.1 Å². The number of hydrogen-bond acceptors (Lipinski definition) is 4. The number of carbonyl (C=O) groups is 2. The van der Waals surface area contributed by atoms with Gasteiger partial charge in [-0.3, -0.25) is 4.79 Å². The first-order valence-corrected chi connectivity index (χ1v) is 9.69. The van der Waals surface area contributed by atoms with E-state index >= 15 is 0 Å². The van der Waals surface area contributed by atoms with Crippen molar-refractivity contribution in [2.24, 2.45) is 0 Å². The predicted molar refractivity (Wildman–Crippen MR) is 108 cm³/mol. The molecule has 0 unspecified atom stereocenters. The molecule has 152 valence electrons. The molecule has 1 aromatic rings. The highest BCUT2D eigenvalue weighted by Gasteiger charge is 2.37. The summed E-state index contributed by atoms with van der Waals surface area (Å²) in [5, 5.41) is 0. The van der Waals surface area contributed by atoms with Crippen LogP contribution in [0.15, 0.2) is 12.1 Å². The van der Waals surface area contributed by atoms with Crippen molar-refractivity contribution >= 4 is 12.1 Å². The summed E-state index contributed by atoms with van der Waals surface area (Å²) in [5.41, 5.74) is 1.53. The molecular formula is C22H35NO4. The number of hydrogen-bond donors (Lipinski definition) is 0. The molecule has 0 radical (unpaired) electrons. The van der Waals surface area contributed by atoms with E-state index < -0.39 is 11.5 Å². The Morgan fingerprint density at radius 1 is 1.00 bits per heavy atom. The fourth-order valence-corrected chi connectivity index (χ4v) is 2.86. The molecule has 5 heteroatoms. The van der Waals surface area contributed by atoms with Crippen LogP contribution in [0.2, 0.25) is 0 Å². The van der Waals surface area contributed by atoms with E-state index in [9.17, 15) is 9.59 Å². The Balaban J connectivity index is 3.57. The maximum absolute atomic E-state index is 12.6. The Hall–Kier alpha value is -2.04. The molecular weight excluding hydrogens is 342 g/mol. The van der Waals surface area contributed by atoms with Crippen LogP contribution in [0.3, 0.4) is 0 Å². The van der Waals surface area contributed by atoms with Crippen molar-refractivity contribution in [3.8, 4) is 5.75 Å². The summed E-state index contributed by atoms with van der Waals surface area (Å²) < 4.78 is 11.1. The first-order chi connectivity index (χ1) is 12.4. The standard InChI is InChI=1S/C22H35NO4/c1-10-23(11-2)20(25)27-18-15(4)13-16(21(5,6)7)14-17(18)22(8,9)19(24)26-12-3/h13-14H,10-12H2,1-9H3. The molecule has 5 nitrogen and oxygen atoms in total. The van der Waals surface area contributed by atoms with Crippen LogP contribution in [0.5, 0.6) is 5.75 Å². The number of ether oxygens (including phenoxy) is 2. The number of amides is 1. The van der Waals surface area contributed by atoms with Crippen LogP contribution >= 0.6 is 0 Å². The van der Waals surface area contributed by atoms with Gasteiger partial charge in [-0.2, -0.15) is 0 Å². The molecule has 0 spiro atoms. The minimum atomic E-state index is -0.944. The Kier molecular flexibility index (Phi) is 7.47. The van der Waals surface area contributed by atoms with Crippen LogP contribution in [0.1, 0.15) is 72.1 Å². The smallest absolute Gasteiger partial charge is 0.415 e. The second kappa shape index (κ2) is 8.77. The van der Waals surface area contributed by atoms with Crippen LogP contribution in [-0.2, 0) is 20.4 Å². The van der Waals surface area contributed by atoms with Gasteiger partial charge in [-0.05, 0) is 58.1 Å². The van der Waals surface area contributed by atoms with Crippen LogP contribution in [0.4, 0.5) is 4.79 Å². The molecule has 0 heterocycles. The molecule has 0 saturated heterocycles. The van der Waals surface area contributed by atoms with Crippen molar-refractivity contribution in [2.75, 3.05) is 19.7 Å². The highest BCUT2D eigenvalue weighted by Crippen LogP contribution is 2.39. The molecule has 0 N–H and O–H groups in total. The molecule has 1 aromatic carbocycles. The number of esters is 1. The zero-order valence-electron chi connectivity index (χ0n) is 18.4. The van der Waals surface area contributed by atoms with E-state index in [0.29, 0.717) is 31.0 Å². The molecule has 0 fully saturated rings. The first kappa shape index (κ1) is 23.0. The number of rotatable bonds is 6. The minimum absolute atomic E-state index is 0.105. The third kappa shape index (κ3) is 5.24. The lowest BCUT2D eigenvalue weighted by molar-refractivity contribution is -0.148. The SMILES string of the molecule is CCOC(=O)C(C)(C)c1cc(C(C)(C)C)cc(C)c1OC(=O)N(CC)CC. The van der Waals surface area contributed by atoms with Crippen molar-refractivity contribution < 1.29 is 19.1 Å². The average Bonchev–Trinajstić information content (AvgIpc) is 2.56. The lowest BCUT2D eigenvalue weighted by atomic mass is 9.78. The summed E-state index contributed by atoms with van der Waals surface area (Å²) in [6.07, 6.45) is -0.410. The van der Waals surface area contributed by atoms with Gasteiger partial charge >= 0.3 is 12.1 Å². The van der Waals surface area contributed by atoms with Gasteiger partial charge in [0.15, 0.2) is 0 Å². The number of nitrogens with zero attached hydrogens (tertiary/aromatic N) is 1. The van der Waals surface area contributed by atoms with Crippen molar-refractivity contribution in [3.63, 3.8) is 0 Å². The number of aryl methyl sites for hydroxylation is 1. The zero-order valence-corrected chi connectivity index (χ0v) is 18.4. The largest absolute Gasteiger partial charge is 0.465 e. The Morgan fingerprint density at radius 2 is 1.56 bits per heavy atom. The summed E-state index contributed by atoms with van der Waals surface area (Å²) >= 11 is 0. The summed E-state index contributed by atoms with van der Waals surface area (Å²) in [6, 6.07) is 3.99. The summed E-state index contributed by atoms with van der Waals surface area (Å²) in [7, 11) is 0. The molecule has 27 heavy (non-hydrogen) atoms. The predicted octanol–water partition coefficient (Wildman–Crippen LogP) is 4.97. The normalized spacial score (nSPS) is 11.9. The van der Waals surface area contributed by atoms with Gasteiger partial charge in [0.1, 0.15) is 5.75 Å². The van der Waals surface area contributed by atoms with E-state index in [2.05, 4.69) is 20.8 Å². The Morgan fingerprint density at radius 3 is 2.00 bits per heavy atom. The Bertz CT molecular complexity index is 682. The summed E-state index contributed by atoms with van der Waals surface area (Å²) in [4.78, 5) is 26.8. The van der Waals surface area contributed by atoms with Gasteiger partial charge in [-0.25, -0.2) is 4.79 Å². The van der Waals surface area contributed by atoms with Gasteiger partial charge in [0.05, 0.1) is 12.0 Å². The van der Waals surface area contributed by atoms with E-state index in [1.165, 1.54) is 0 Å². The number of benzene rings is 1. The van der Waals surface area contributed by atoms with Crippen molar-refractivity contribution in [1.29, 1.82) is 0 Å². The highest BCUT2D eigenvalue weighted by atomic mass is 16.6. The van der Waals surface area contributed by atoms with Crippen molar-refractivity contribution in [2.45, 2.75) is 73.1 Å². The van der Waals surface area contributed by atoms with Gasteiger partial charge in [0.25, 0.3) is 0 Å². The monoisotopic (exact) mass is 377 g/mol. The molecule has 0 aliphatic carbocycles. The van der Waals surface area contributed by atoms with Gasteiger partial charge in [-0.15, -0.1) is 0 Å². The Labute approximate surface area is 164 Å². The van der Waals surface area contributed by atoms with E-state index in [1.807, 2.05) is 32.9 Å². The zero-order chi connectivity index (χ0) is 21.0. The van der Waals surface area contributed by atoms with E-state index in [4.69, 9.17) is 9.47 Å². The lowest BCUT2D eigenvalue weighted by Gasteiger charge is -2.30. The summed E-state index contributed by atoms with van der Waals surface area (Å²) in [5.74, 6) is 0.105. The molecule has 0 aliphatic rings. The van der Waals surface area contributed by atoms with Gasteiger partial charge in [0.2, 0.25) is 0 Å². The minimum Gasteiger partial charge on any atom is -0.465 e. The van der Waals surface area contributed by atoms with Crippen molar-refractivity contribution in [1.82, 2.24) is 4.90 Å². The van der Waals surface area contributed by atoms with Crippen LogP contribution in [-0.4, -0.2) is 36.7 Å². The van der Waals surface area contributed by atoms with Gasteiger partial charge in [0, 0.05) is 18.7 Å². The van der Waals surface area contributed by atoms with Crippen LogP contribution in [0.25, 0.3) is 0 Å². The third-order valence-electron chi connectivity index (χ3n) is 4.81. The highest BCUT2D eigenvalue weighted by molar-refractivity contribution is 5.84.